The van der Waals surface area contributed by atoms with Gasteiger partial charge >= 0.3 is 0 Å². The van der Waals surface area contributed by atoms with Crippen LogP contribution < -0.4 is 10.2 Å². The summed E-state index contributed by atoms with van der Waals surface area (Å²) in [7, 11) is 4.08. The van der Waals surface area contributed by atoms with E-state index >= 15 is 0 Å². The summed E-state index contributed by atoms with van der Waals surface area (Å²) >= 11 is 1.51. The van der Waals surface area contributed by atoms with Gasteiger partial charge in [-0.25, -0.2) is 0 Å². The molecule has 0 aliphatic heterocycles. The molecule has 0 spiro atoms. The Bertz CT molecular complexity index is 450. The minimum absolute atomic E-state index is 0.235. The first-order valence-corrected chi connectivity index (χ1v) is 6.35. The molecule has 1 unspecified atom stereocenters. The van der Waals surface area contributed by atoms with Crippen LogP contribution in [0.4, 0.5) is 10.8 Å². The molecule has 1 N–H and O–H groups in total. The zero-order valence-corrected chi connectivity index (χ0v) is 11.0. The largest absolute Gasteiger partial charge is 0.378 e. The molecule has 90 valence electrons. The SMILES string of the molecule is CC(Nc1nncs1)c1ccc(N(C)C)cc1. The number of hydrogen-bond donors (Lipinski definition) is 1. The first-order chi connectivity index (χ1) is 8.16. The molecule has 1 heterocycles. The van der Waals surface area contributed by atoms with Gasteiger partial charge < -0.3 is 10.2 Å². The lowest BCUT2D eigenvalue weighted by Crippen LogP contribution is -2.10. The fraction of sp³-hybridized carbons (Fsp3) is 0.333. The zero-order chi connectivity index (χ0) is 12.3. The Kier molecular flexibility index (Phi) is 3.58. The standard InChI is InChI=1S/C12H16N4S/c1-9(14-12-15-13-8-17-12)10-4-6-11(7-5-10)16(2)3/h4-9H,1-3H3,(H,14,15). The predicted octanol–water partition coefficient (Wildman–Crippen LogP) is 2.78. The van der Waals surface area contributed by atoms with E-state index < -0.39 is 0 Å². The number of rotatable bonds is 4. The molecule has 2 aromatic rings. The van der Waals surface area contributed by atoms with E-state index in [9.17, 15) is 0 Å². The second-order valence-electron chi connectivity index (χ2n) is 4.10. The van der Waals surface area contributed by atoms with Gasteiger partial charge in [0.2, 0.25) is 5.13 Å². The summed E-state index contributed by atoms with van der Waals surface area (Å²) in [5.41, 5.74) is 4.17. The quantitative estimate of drug-likeness (QED) is 0.903. The van der Waals surface area contributed by atoms with Crippen molar-refractivity contribution in [2.24, 2.45) is 0 Å². The Balaban J connectivity index is 2.06. The van der Waals surface area contributed by atoms with Crippen LogP contribution >= 0.6 is 11.3 Å². The third-order valence-corrected chi connectivity index (χ3v) is 3.23. The van der Waals surface area contributed by atoms with E-state index in [2.05, 4.69) is 51.6 Å². The summed E-state index contributed by atoms with van der Waals surface area (Å²) in [6.45, 7) is 2.12. The molecule has 0 fully saturated rings. The molecule has 0 amide bonds. The van der Waals surface area contributed by atoms with Crippen molar-refractivity contribution in [3.63, 3.8) is 0 Å². The van der Waals surface area contributed by atoms with Gasteiger partial charge in [0.05, 0.1) is 6.04 Å². The molecular weight excluding hydrogens is 232 g/mol. The van der Waals surface area contributed by atoms with Gasteiger partial charge in [-0.15, -0.1) is 10.2 Å². The summed E-state index contributed by atoms with van der Waals surface area (Å²) < 4.78 is 0. The van der Waals surface area contributed by atoms with Crippen LogP contribution in [0.5, 0.6) is 0 Å². The molecule has 17 heavy (non-hydrogen) atoms. The monoisotopic (exact) mass is 248 g/mol. The maximum absolute atomic E-state index is 3.98. The van der Waals surface area contributed by atoms with Crippen molar-refractivity contribution in [3.05, 3.63) is 35.3 Å². The van der Waals surface area contributed by atoms with Crippen molar-refractivity contribution in [2.45, 2.75) is 13.0 Å². The lowest BCUT2D eigenvalue weighted by Gasteiger charge is -2.16. The summed E-state index contributed by atoms with van der Waals surface area (Å²) in [4.78, 5) is 2.09. The first-order valence-electron chi connectivity index (χ1n) is 5.47. The van der Waals surface area contributed by atoms with Gasteiger partial charge in [0.15, 0.2) is 0 Å². The average Bonchev–Trinajstić information content (AvgIpc) is 2.82. The minimum atomic E-state index is 0.235. The average molecular weight is 248 g/mol. The van der Waals surface area contributed by atoms with Crippen LogP contribution in [0.25, 0.3) is 0 Å². The molecule has 1 aromatic carbocycles. The van der Waals surface area contributed by atoms with Crippen molar-refractivity contribution in [1.82, 2.24) is 10.2 Å². The third kappa shape index (κ3) is 2.94. The summed E-state index contributed by atoms with van der Waals surface area (Å²) in [5.74, 6) is 0. The normalized spacial score (nSPS) is 12.2. The Morgan fingerprint density at radius 2 is 1.94 bits per heavy atom. The Morgan fingerprint density at radius 1 is 1.24 bits per heavy atom. The zero-order valence-electron chi connectivity index (χ0n) is 10.2. The highest BCUT2D eigenvalue weighted by Gasteiger charge is 2.07. The van der Waals surface area contributed by atoms with Crippen molar-refractivity contribution in [3.8, 4) is 0 Å². The third-order valence-electron chi connectivity index (χ3n) is 2.61. The fourth-order valence-electron chi connectivity index (χ4n) is 1.57. The van der Waals surface area contributed by atoms with Gasteiger partial charge in [-0.2, -0.15) is 0 Å². The summed E-state index contributed by atoms with van der Waals surface area (Å²) in [6, 6.07) is 8.74. The van der Waals surface area contributed by atoms with Crippen LogP contribution in [0.15, 0.2) is 29.8 Å². The molecule has 0 aliphatic carbocycles. The van der Waals surface area contributed by atoms with Gasteiger partial charge in [0, 0.05) is 19.8 Å². The number of benzene rings is 1. The van der Waals surface area contributed by atoms with E-state index in [1.165, 1.54) is 22.6 Å². The molecule has 2 rings (SSSR count). The Labute approximate surface area is 105 Å². The Morgan fingerprint density at radius 3 is 2.47 bits per heavy atom. The van der Waals surface area contributed by atoms with Crippen molar-refractivity contribution in [2.75, 3.05) is 24.3 Å². The van der Waals surface area contributed by atoms with Crippen LogP contribution in [0.2, 0.25) is 0 Å². The second-order valence-corrected chi connectivity index (χ2v) is 4.93. The first kappa shape index (κ1) is 11.9. The molecule has 0 radical (unpaired) electrons. The fourth-order valence-corrected chi connectivity index (χ4v) is 2.10. The molecule has 0 aliphatic rings. The topological polar surface area (TPSA) is 41.1 Å². The molecular formula is C12H16N4S. The molecule has 0 bridgehead atoms. The van der Waals surface area contributed by atoms with Crippen LogP contribution in [0, 0.1) is 0 Å². The van der Waals surface area contributed by atoms with E-state index in [-0.39, 0.29) is 6.04 Å². The summed E-state index contributed by atoms with van der Waals surface area (Å²) in [5, 5.41) is 12.0. The van der Waals surface area contributed by atoms with Gasteiger partial charge in [-0.3, -0.25) is 0 Å². The van der Waals surface area contributed by atoms with Gasteiger partial charge in [-0.05, 0) is 24.6 Å². The van der Waals surface area contributed by atoms with E-state index in [1.54, 1.807) is 5.51 Å². The highest BCUT2D eigenvalue weighted by Crippen LogP contribution is 2.22. The van der Waals surface area contributed by atoms with E-state index in [1.807, 2.05) is 14.1 Å². The van der Waals surface area contributed by atoms with Crippen LogP contribution in [-0.4, -0.2) is 24.3 Å². The van der Waals surface area contributed by atoms with Crippen molar-refractivity contribution < 1.29 is 0 Å². The minimum Gasteiger partial charge on any atom is -0.378 e. The highest BCUT2D eigenvalue weighted by molar-refractivity contribution is 7.13. The lowest BCUT2D eigenvalue weighted by atomic mass is 10.1. The smallest absolute Gasteiger partial charge is 0.205 e. The number of aromatic nitrogens is 2. The molecule has 1 aromatic heterocycles. The Hall–Kier alpha value is -1.62. The van der Waals surface area contributed by atoms with E-state index in [0.29, 0.717) is 0 Å². The van der Waals surface area contributed by atoms with Crippen molar-refractivity contribution in [1.29, 1.82) is 0 Å². The number of nitrogens with one attached hydrogen (secondary N) is 1. The van der Waals surface area contributed by atoms with Crippen LogP contribution in [0.3, 0.4) is 0 Å². The van der Waals surface area contributed by atoms with Crippen molar-refractivity contribution >= 4 is 22.2 Å². The maximum atomic E-state index is 3.98. The summed E-state index contributed by atoms with van der Waals surface area (Å²) in [6.07, 6.45) is 0. The molecule has 1 atom stereocenters. The number of nitrogens with zero attached hydrogens (tertiary/aromatic N) is 3. The van der Waals surface area contributed by atoms with E-state index in [0.717, 1.165) is 5.13 Å². The molecule has 0 saturated carbocycles. The number of anilines is 2. The maximum Gasteiger partial charge on any atom is 0.205 e. The van der Waals surface area contributed by atoms with Crippen LogP contribution in [0.1, 0.15) is 18.5 Å². The van der Waals surface area contributed by atoms with Gasteiger partial charge in [0.1, 0.15) is 5.51 Å². The van der Waals surface area contributed by atoms with Gasteiger partial charge in [0.25, 0.3) is 0 Å². The van der Waals surface area contributed by atoms with Gasteiger partial charge in [-0.1, -0.05) is 23.5 Å². The predicted molar refractivity (Wildman–Crippen MR) is 72.7 cm³/mol. The lowest BCUT2D eigenvalue weighted by molar-refractivity contribution is 0.873. The van der Waals surface area contributed by atoms with Crippen LogP contribution in [-0.2, 0) is 0 Å². The highest BCUT2D eigenvalue weighted by atomic mass is 32.1. The molecule has 0 saturated heterocycles. The number of hydrogen-bond acceptors (Lipinski definition) is 5. The molecule has 5 heteroatoms. The second kappa shape index (κ2) is 5.14. The molecule has 4 nitrogen and oxygen atoms in total. The van der Waals surface area contributed by atoms with E-state index in [4.69, 9.17) is 0 Å².